The topological polar surface area (TPSA) is 12.9 Å². The average molecular weight is 216 g/mol. The Hall–Kier alpha value is -0.370. The lowest BCUT2D eigenvalue weighted by Gasteiger charge is -1.92. The van der Waals surface area contributed by atoms with Crippen LogP contribution in [0.4, 0.5) is 0 Å². The van der Waals surface area contributed by atoms with Crippen LogP contribution in [0.3, 0.4) is 0 Å². The van der Waals surface area contributed by atoms with Crippen molar-refractivity contribution in [2.45, 2.75) is 27.2 Å². The van der Waals surface area contributed by atoms with Crippen LogP contribution in [0.2, 0.25) is 0 Å². The van der Waals surface area contributed by atoms with Gasteiger partial charge in [0.1, 0.15) is 4.60 Å². The Morgan fingerprint density at radius 3 is 2.36 bits per heavy atom. The molecule has 1 aromatic rings. The molecular formula is C9H14BrN. The van der Waals surface area contributed by atoms with Crippen molar-refractivity contribution < 1.29 is 0 Å². The summed E-state index contributed by atoms with van der Waals surface area (Å²) in [5, 5.41) is 0. The van der Waals surface area contributed by atoms with Crippen LogP contribution in [0, 0.1) is 0 Å². The number of pyridine rings is 1. The molecule has 11 heavy (non-hydrogen) atoms. The summed E-state index contributed by atoms with van der Waals surface area (Å²) in [4.78, 5) is 4.07. The third-order valence-electron chi connectivity index (χ3n) is 1.20. The second kappa shape index (κ2) is 6.35. The first-order valence-electron chi connectivity index (χ1n) is 3.93. The molecule has 0 aliphatic heterocycles. The second-order valence-electron chi connectivity index (χ2n) is 1.84. The maximum Gasteiger partial charge on any atom is 0.106 e. The van der Waals surface area contributed by atoms with E-state index in [1.807, 2.05) is 26.1 Å². The first kappa shape index (κ1) is 10.6. The molecular weight excluding hydrogens is 202 g/mol. The summed E-state index contributed by atoms with van der Waals surface area (Å²) in [7, 11) is 0. The van der Waals surface area contributed by atoms with E-state index in [1.165, 1.54) is 5.56 Å². The monoisotopic (exact) mass is 215 g/mol. The van der Waals surface area contributed by atoms with E-state index in [-0.39, 0.29) is 0 Å². The number of hydrogen-bond acceptors (Lipinski definition) is 1. The lowest BCUT2D eigenvalue weighted by Crippen LogP contribution is -1.80. The third-order valence-corrected chi connectivity index (χ3v) is 1.67. The predicted molar refractivity (Wildman–Crippen MR) is 52.7 cm³/mol. The van der Waals surface area contributed by atoms with E-state index in [1.54, 1.807) is 0 Å². The maximum absolute atomic E-state index is 4.07. The summed E-state index contributed by atoms with van der Waals surface area (Å²) in [5.74, 6) is 0. The Morgan fingerprint density at radius 1 is 1.36 bits per heavy atom. The molecule has 0 aliphatic carbocycles. The highest BCUT2D eigenvalue weighted by Crippen LogP contribution is 2.05. The SMILES string of the molecule is CC.CCc1ccc(Br)nc1. The van der Waals surface area contributed by atoms with Crippen molar-refractivity contribution in [1.82, 2.24) is 4.98 Å². The number of aryl methyl sites for hydroxylation is 1. The molecule has 0 spiro atoms. The van der Waals surface area contributed by atoms with Gasteiger partial charge in [0.2, 0.25) is 0 Å². The molecule has 0 unspecified atom stereocenters. The molecule has 0 fully saturated rings. The molecule has 0 aromatic carbocycles. The van der Waals surface area contributed by atoms with Gasteiger partial charge in [0.05, 0.1) is 0 Å². The number of halogens is 1. The van der Waals surface area contributed by atoms with Crippen LogP contribution in [0.25, 0.3) is 0 Å². The lowest BCUT2D eigenvalue weighted by molar-refractivity contribution is 1.09. The standard InChI is InChI=1S/C7H8BrN.C2H6/c1-2-6-3-4-7(8)9-5-6;1-2/h3-5H,2H2,1H3;1-2H3. The summed E-state index contributed by atoms with van der Waals surface area (Å²) >= 11 is 3.26. The van der Waals surface area contributed by atoms with Gasteiger partial charge in [-0.15, -0.1) is 0 Å². The van der Waals surface area contributed by atoms with Gasteiger partial charge in [0, 0.05) is 6.20 Å². The number of rotatable bonds is 1. The molecule has 1 aromatic heterocycles. The summed E-state index contributed by atoms with van der Waals surface area (Å²) in [6.07, 6.45) is 2.93. The third kappa shape index (κ3) is 4.14. The smallest absolute Gasteiger partial charge is 0.106 e. The highest BCUT2D eigenvalue weighted by molar-refractivity contribution is 9.10. The van der Waals surface area contributed by atoms with E-state index in [0.29, 0.717) is 0 Å². The molecule has 0 bridgehead atoms. The number of hydrogen-bond donors (Lipinski definition) is 0. The van der Waals surface area contributed by atoms with E-state index in [4.69, 9.17) is 0 Å². The molecule has 0 aliphatic rings. The van der Waals surface area contributed by atoms with Gasteiger partial charge < -0.3 is 0 Å². The molecule has 1 nitrogen and oxygen atoms in total. The first-order valence-corrected chi connectivity index (χ1v) is 4.72. The molecule has 62 valence electrons. The van der Waals surface area contributed by atoms with E-state index in [0.717, 1.165) is 11.0 Å². The average Bonchev–Trinajstić information content (AvgIpc) is 2.10. The summed E-state index contributed by atoms with van der Waals surface area (Å²) in [5.41, 5.74) is 1.28. The van der Waals surface area contributed by atoms with Crippen molar-refractivity contribution >= 4 is 15.9 Å². The van der Waals surface area contributed by atoms with E-state index < -0.39 is 0 Å². The van der Waals surface area contributed by atoms with Gasteiger partial charge >= 0.3 is 0 Å². The van der Waals surface area contributed by atoms with Gasteiger partial charge in [0.15, 0.2) is 0 Å². The van der Waals surface area contributed by atoms with Gasteiger partial charge in [-0.05, 0) is 34.0 Å². The Bertz CT molecular complexity index is 181. The second-order valence-corrected chi connectivity index (χ2v) is 2.66. The van der Waals surface area contributed by atoms with E-state index >= 15 is 0 Å². The van der Waals surface area contributed by atoms with Crippen molar-refractivity contribution in [3.8, 4) is 0 Å². The molecule has 1 rings (SSSR count). The van der Waals surface area contributed by atoms with Crippen LogP contribution in [0.5, 0.6) is 0 Å². The summed E-state index contributed by atoms with van der Waals surface area (Å²) < 4.78 is 0.903. The van der Waals surface area contributed by atoms with E-state index in [9.17, 15) is 0 Å². The van der Waals surface area contributed by atoms with Gasteiger partial charge in [0.25, 0.3) is 0 Å². The summed E-state index contributed by atoms with van der Waals surface area (Å²) in [6, 6.07) is 4.02. The van der Waals surface area contributed by atoms with Crippen molar-refractivity contribution in [2.75, 3.05) is 0 Å². The Labute approximate surface area is 77.0 Å². The quantitative estimate of drug-likeness (QED) is 0.655. The largest absolute Gasteiger partial charge is 0.249 e. The van der Waals surface area contributed by atoms with E-state index in [2.05, 4.69) is 33.9 Å². The first-order chi connectivity index (χ1) is 5.33. The van der Waals surface area contributed by atoms with Crippen LogP contribution in [0.1, 0.15) is 26.3 Å². The zero-order valence-corrected chi connectivity index (χ0v) is 8.85. The van der Waals surface area contributed by atoms with Gasteiger partial charge in [-0.1, -0.05) is 26.8 Å². The minimum Gasteiger partial charge on any atom is -0.249 e. The Balaban J connectivity index is 0.000000461. The molecule has 1 heterocycles. The fraction of sp³-hybridized carbons (Fsp3) is 0.444. The number of nitrogens with zero attached hydrogens (tertiary/aromatic N) is 1. The van der Waals surface area contributed by atoms with Crippen molar-refractivity contribution in [3.05, 3.63) is 28.5 Å². The lowest BCUT2D eigenvalue weighted by atomic mass is 10.2. The van der Waals surface area contributed by atoms with Gasteiger partial charge in [-0.25, -0.2) is 4.98 Å². The fourth-order valence-corrected chi connectivity index (χ4v) is 0.850. The van der Waals surface area contributed by atoms with Crippen LogP contribution in [-0.4, -0.2) is 4.98 Å². The van der Waals surface area contributed by atoms with Gasteiger partial charge in [-0.2, -0.15) is 0 Å². The van der Waals surface area contributed by atoms with Gasteiger partial charge in [-0.3, -0.25) is 0 Å². The fourth-order valence-electron chi connectivity index (χ4n) is 0.616. The predicted octanol–water partition coefficient (Wildman–Crippen LogP) is 3.43. The normalized spacial score (nSPS) is 8.36. The Kier molecular flexibility index (Phi) is 6.13. The number of aromatic nitrogens is 1. The maximum atomic E-state index is 4.07. The zero-order chi connectivity index (χ0) is 8.69. The van der Waals surface area contributed by atoms with Crippen molar-refractivity contribution in [1.29, 1.82) is 0 Å². The van der Waals surface area contributed by atoms with Crippen LogP contribution < -0.4 is 0 Å². The molecule has 2 heteroatoms. The summed E-state index contributed by atoms with van der Waals surface area (Å²) in [6.45, 7) is 6.12. The zero-order valence-electron chi connectivity index (χ0n) is 7.26. The highest BCUT2D eigenvalue weighted by atomic mass is 79.9. The minimum absolute atomic E-state index is 0.903. The van der Waals surface area contributed by atoms with Crippen molar-refractivity contribution in [3.63, 3.8) is 0 Å². The van der Waals surface area contributed by atoms with Crippen LogP contribution in [0.15, 0.2) is 22.9 Å². The minimum atomic E-state index is 0.903. The molecule has 0 N–H and O–H groups in total. The molecule has 0 saturated heterocycles. The molecule has 0 amide bonds. The Morgan fingerprint density at radius 2 is 2.00 bits per heavy atom. The highest BCUT2D eigenvalue weighted by Gasteiger charge is 1.87. The van der Waals surface area contributed by atoms with Crippen LogP contribution >= 0.6 is 15.9 Å². The molecule has 0 atom stereocenters. The molecule has 0 saturated carbocycles. The van der Waals surface area contributed by atoms with Crippen molar-refractivity contribution in [2.24, 2.45) is 0 Å². The van der Waals surface area contributed by atoms with Crippen LogP contribution in [-0.2, 0) is 6.42 Å². The molecule has 0 radical (unpaired) electrons.